The molecular weight excluding hydrogens is 593 g/mol. The maximum atomic E-state index is 13.8. The number of rotatable bonds is 8. The van der Waals surface area contributed by atoms with Crippen molar-refractivity contribution in [1.29, 1.82) is 0 Å². The van der Waals surface area contributed by atoms with Crippen LogP contribution in [-0.2, 0) is 19.9 Å². The van der Waals surface area contributed by atoms with Crippen molar-refractivity contribution in [2.24, 2.45) is 17.8 Å². The Kier molecular flexibility index (Phi) is 7.52. The molecule has 14 heteroatoms. The Hall–Kier alpha value is -2.19. The second kappa shape index (κ2) is 10.3. The van der Waals surface area contributed by atoms with Crippen molar-refractivity contribution in [3.05, 3.63) is 58.4 Å². The van der Waals surface area contributed by atoms with Crippen LogP contribution >= 0.6 is 11.6 Å². The van der Waals surface area contributed by atoms with E-state index in [1.165, 1.54) is 12.1 Å². The number of sulfonamides is 1. The number of carbonyl (C=O) groups excluding carboxylic acids is 1. The number of sulfone groups is 1. The zero-order chi connectivity index (χ0) is 29.2. The summed E-state index contributed by atoms with van der Waals surface area (Å²) in [4.78, 5) is 12.4. The summed E-state index contributed by atoms with van der Waals surface area (Å²) in [5.41, 5.74) is -1.92. The molecule has 3 unspecified atom stereocenters. The van der Waals surface area contributed by atoms with E-state index < -0.39 is 71.2 Å². The third kappa shape index (κ3) is 5.26. The van der Waals surface area contributed by atoms with Crippen LogP contribution in [0.2, 0.25) is 5.02 Å². The van der Waals surface area contributed by atoms with Gasteiger partial charge in [-0.3, -0.25) is 4.79 Å². The molecule has 0 aromatic heterocycles. The van der Waals surface area contributed by atoms with E-state index in [0.29, 0.717) is 31.4 Å². The summed E-state index contributed by atoms with van der Waals surface area (Å²) in [5.74, 6) is -6.61. The number of hydrogen-bond donors (Lipinski definition) is 3. The molecule has 2 aromatic carbocycles. The minimum absolute atomic E-state index is 0.0512. The van der Waals surface area contributed by atoms with Gasteiger partial charge < -0.3 is 10.4 Å². The van der Waals surface area contributed by atoms with Gasteiger partial charge >= 0.3 is 0 Å². The van der Waals surface area contributed by atoms with Crippen LogP contribution in [0.4, 0.5) is 18.9 Å². The first-order valence-corrected chi connectivity index (χ1v) is 16.3. The van der Waals surface area contributed by atoms with Crippen LogP contribution in [0.25, 0.3) is 0 Å². The molecular formula is C26H28ClF3N2O6S2. The number of fused-ring (bicyclic) bond motifs is 2. The molecule has 2 bridgehead atoms. The molecule has 0 heterocycles. The van der Waals surface area contributed by atoms with Gasteiger partial charge in [-0.15, -0.1) is 0 Å². The van der Waals surface area contributed by atoms with E-state index >= 15 is 0 Å². The van der Waals surface area contributed by atoms with Gasteiger partial charge in [0.25, 0.3) is 5.91 Å². The Bertz CT molecular complexity index is 1560. The maximum Gasteiger partial charge on any atom is 0.255 e. The van der Waals surface area contributed by atoms with Gasteiger partial charge in [0.2, 0.25) is 10.0 Å². The zero-order valence-corrected chi connectivity index (χ0v) is 23.7. The number of nitrogens with one attached hydrogen (secondary N) is 2. The van der Waals surface area contributed by atoms with Gasteiger partial charge in [0.15, 0.2) is 27.3 Å². The van der Waals surface area contributed by atoms with Gasteiger partial charge in [0.1, 0.15) is 0 Å². The lowest BCUT2D eigenvalue weighted by Gasteiger charge is -2.43. The minimum atomic E-state index is -4.12. The Labute approximate surface area is 235 Å². The van der Waals surface area contributed by atoms with E-state index in [2.05, 4.69) is 10.0 Å². The number of amides is 1. The van der Waals surface area contributed by atoms with Gasteiger partial charge in [0, 0.05) is 29.9 Å². The third-order valence-electron chi connectivity index (χ3n) is 8.46. The van der Waals surface area contributed by atoms with Crippen molar-refractivity contribution in [3.63, 3.8) is 0 Å². The van der Waals surface area contributed by atoms with E-state index in [1.54, 1.807) is 0 Å². The molecule has 3 saturated carbocycles. The monoisotopic (exact) mass is 620 g/mol. The van der Waals surface area contributed by atoms with Crippen LogP contribution in [0.5, 0.6) is 0 Å². The van der Waals surface area contributed by atoms with E-state index in [4.69, 9.17) is 11.6 Å². The Balaban J connectivity index is 1.36. The van der Waals surface area contributed by atoms with Crippen LogP contribution in [0.15, 0.2) is 35.2 Å². The number of aliphatic hydroxyl groups is 1. The van der Waals surface area contributed by atoms with Gasteiger partial charge in [-0.25, -0.2) is 34.7 Å². The molecule has 5 rings (SSSR count). The van der Waals surface area contributed by atoms with Gasteiger partial charge in [-0.2, -0.15) is 0 Å². The largest absolute Gasteiger partial charge is 0.388 e. The second-order valence-electron chi connectivity index (χ2n) is 11.1. The molecule has 8 nitrogen and oxygen atoms in total. The van der Waals surface area contributed by atoms with E-state index in [9.17, 15) is 39.9 Å². The fourth-order valence-electron chi connectivity index (χ4n) is 6.16. The molecule has 40 heavy (non-hydrogen) atoms. The quantitative estimate of drug-likeness (QED) is 0.382. The maximum absolute atomic E-state index is 13.8. The van der Waals surface area contributed by atoms with Crippen LogP contribution in [0, 0.1) is 35.2 Å². The van der Waals surface area contributed by atoms with Crippen molar-refractivity contribution in [2.75, 3.05) is 11.9 Å². The molecule has 3 fully saturated rings. The van der Waals surface area contributed by atoms with Crippen molar-refractivity contribution in [2.45, 2.75) is 60.0 Å². The first kappa shape index (κ1) is 29.3. The number of benzene rings is 2. The summed E-state index contributed by atoms with van der Waals surface area (Å²) < 4.78 is 95.2. The first-order chi connectivity index (χ1) is 18.6. The first-order valence-electron chi connectivity index (χ1n) is 12.8. The number of carbonyl (C=O) groups is 1. The Morgan fingerprint density at radius 3 is 2.27 bits per heavy atom. The summed E-state index contributed by atoms with van der Waals surface area (Å²) in [6.07, 6.45) is 1.83. The van der Waals surface area contributed by atoms with Crippen molar-refractivity contribution in [3.8, 4) is 0 Å². The summed E-state index contributed by atoms with van der Waals surface area (Å²) in [5, 5.41) is 12.2. The smallest absolute Gasteiger partial charge is 0.255 e. The van der Waals surface area contributed by atoms with E-state index in [0.717, 1.165) is 6.07 Å². The normalized spacial score (nSPS) is 28.4. The third-order valence-corrected chi connectivity index (χ3v) is 13.0. The fourth-order valence-corrected chi connectivity index (χ4v) is 9.96. The predicted octanol–water partition coefficient (Wildman–Crippen LogP) is 4.03. The molecule has 3 aliphatic rings. The van der Waals surface area contributed by atoms with Gasteiger partial charge in [-0.1, -0.05) is 18.5 Å². The topological polar surface area (TPSA) is 130 Å². The summed E-state index contributed by atoms with van der Waals surface area (Å²) in [6.45, 7) is 1.72. The molecule has 0 aliphatic heterocycles. The molecule has 2 aromatic rings. The molecule has 5 atom stereocenters. The SMILES string of the molecule is CC1CC2C[C@@H](S(=O)(=O)c3cc(C(=O)Nc4cc(F)c(F)c(F)c4)ccc3Cl)CC1[C@@]2(O)CNS(=O)(=O)C1CC1. The molecule has 3 aliphatic carbocycles. The number of hydrogen-bond acceptors (Lipinski definition) is 6. The van der Waals surface area contributed by atoms with Crippen molar-refractivity contribution in [1.82, 2.24) is 4.72 Å². The Morgan fingerprint density at radius 2 is 1.68 bits per heavy atom. The van der Waals surface area contributed by atoms with E-state index in [-0.39, 0.29) is 46.5 Å². The second-order valence-corrected chi connectivity index (χ2v) is 15.7. The standard InChI is InChI=1S/C26H28ClF3N2O6S2/c1-13-6-15-8-18(11-19(13)26(15,34)12-31-40(37,38)17-3-4-17)39(35,36)23-7-14(2-5-20(23)27)25(33)32-16-9-21(28)24(30)22(29)10-16/h2,5,7,9-10,13,15,17-19,31,34H,3-4,6,8,11-12H2,1H3,(H,32,33)/t13?,15?,18-,19?,26-/m1/s1. The molecule has 218 valence electrons. The highest BCUT2D eigenvalue weighted by molar-refractivity contribution is 7.92. The average molecular weight is 621 g/mol. The predicted molar refractivity (Wildman–Crippen MR) is 142 cm³/mol. The molecule has 3 N–H and O–H groups in total. The lowest BCUT2D eigenvalue weighted by molar-refractivity contribution is -0.0577. The minimum Gasteiger partial charge on any atom is -0.388 e. The molecule has 0 spiro atoms. The average Bonchev–Trinajstić information content (AvgIpc) is 3.72. The number of halogens is 4. The Morgan fingerprint density at radius 1 is 1.02 bits per heavy atom. The highest BCUT2D eigenvalue weighted by Gasteiger charge is 2.59. The molecule has 0 radical (unpaired) electrons. The summed E-state index contributed by atoms with van der Waals surface area (Å²) in [7, 11) is -7.66. The molecule has 1 amide bonds. The van der Waals surface area contributed by atoms with Crippen LogP contribution < -0.4 is 10.0 Å². The highest BCUT2D eigenvalue weighted by atomic mass is 35.5. The van der Waals surface area contributed by atoms with Crippen LogP contribution in [-0.4, -0.2) is 50.5 Å². The van der Waals surface area contributed by atoms with Crippen LogP contribution in [0.1, 0.15) is 49.4 Å². The van der Waals surface area contributed by atoms with Crippen molar-refractivity contribution >= 4 is 43.1 Å². The van der Waals surface area contributed by atoms with Gasteiger partial charge in [0.05, 0.1) is 26.0 Å². The van der Waals surface area contributed by atoms with Gasteiger partial charge in [-0.05, 0) is 68.1 Å². The summed E-state index contributed by atoms with van der Waals surface area (Å²) >= 11 is 6.25. The molecule has 0 saturated heterocycles. The number of anilines is 1. The fraction of sp³-hybridized carbons (Fsp3) is 0.500. The summed E-state index contributed by atoms with van der Waals surface area (Å²) in [6, 6.07) is 4.71. The highest BCUT2D eigenvalue weighted by Crippen LogP contribution is 2.54. The van der Waals surface area contributed by atoms with Crippen molar-refractivity contribution < 1.29 is 39.9 Å². The zero-order valence-electron chi connectivity index (χ0n) is 21.3. The lowest BCUT2D eigenvalue weighted by atomic mass is 9.73. The lowest BCUT2D eigenvalue weighted by Crippen LogP contribution is -2.55. The van der Waals surface area contributed by atoms with E-state index in [1.807, 2.05) is 6.92 Å². The van der Waals surface area contributed by atoms with Crippen LogP contribution in [0.3, 0.4) is 0 Å².